The molecule has 0 fully saturated rings. The molecule has 0 aromatic carbocycles. The Morgan fingerprint density at radius 3 is 0.977 bits per heavy atom. The quantitative estimate of drug-likeness (QED) is 0.0391. The average molecular weight is 619 g/mol. The highest BCUT2D eigenvalue weighted by Crippen LogP contribution is 2.15. The van der Waals surface area contributed by atoms with Gasteiger partial charge in [-0.15, -0.1) is 0 Å². The molecule has 262 valence electrons. The van der Waals surface area contributed by atoms with E-state index in [1.54, 1.807) is 0 Å². The van der Waals surface area contributed by atoms with Crippen LogP contribution in [0, 0.1) is 0 Å². The summed E-state index contributed by atoms with van der Waals surface area (Å²) in [6.07, 6.45) is 53.1. The lowest BCUT2D eigenvalue weighted by Gasteiger charge is -2.05. The molecule has 0 spiro atoms. The molecule has 0 N–H and O–H groups in total. The maximum Gasteiger partial charge on any atom is 0.305 e. The molecule has 0 aromatic heterocycles. The van der Waals surface area contributed by atoms with E-state index in [1.807, 2.05) is 0 Å². The van der Waals surface area contributed by atoms with Crippen LogP contribution >= 0.6 is 0 Å². The van der Waals surface area contributed by atoms with Gasteiger partial charge < -0.3 is 4.74 Å². The van der Waals surface area contributed by atoms with Crippen molar-refractivity contribution in [1.82, 2.24) is 0 Å². The Bertz CT molecular complexity index is 554. The molecule has 0 aliphatic rings. The van der Waals surface area contributed by atoms with E-state index in [-0.39, 0.29) is 5.97 Å². The minimum Gasteiger partial charge on any atom is -0.466 e. The fraction of sp³-hybridized carbons (Fsp3) is 0.929. The van der Waals surface area contributed by atoms with Gasteiger partial charge in [0.15, 0.2) is 0 Å². The zero-order chi connectivity index (χ0) is 31.9. The van der Waals surface area contributed by atoms with Crippen molar-refractivity contribution in [1.29, 1.82) is 0 Å². The summed E-state index contributed by atoms with van der Waals surface area (Å²) in [6, 6.07) is 0. The lowest BCUT2D eigenvalue weighted by Crippen LogP contribution is -2.05. The van der Waals surface area contributed by atoms with E-state index in [0.717, 1.165) is 12.8 Å². The van der Waals surface area contributed by atoms with Crippen molar-refractivity contribution in [2.45, 2.75) is 245 Å². The predicted octanol–water partition coefficient (Wildman–Crippen LogP) is 15.2. The number of unbranched alkanes of at least 4 members (excludes halogenated alkanes) is 32. The fourth-order valence-electron chi connectivity index (χ4n) is 6.31. The monoisotopic (exact) mass is 619 g/mol. The molecule has 0 aliphatic heterocycles. The van der Waals surface area contributed by atoms with Gasteiger partial charge >= 0.3 is 5.97 Å². The van der Waals surface area contributed by atoms with E-state index in [2.05, 4.69) is 26.0 Å². The number of rotatable bonds is 38. The first kappa shape index (κ1) is 43.2. The molecule has 2 nitrogen and oxygen atoms in total. The number of ether oxygens (including phenoxy) is 1. The highest BCUT2D eigenvalue weighted by molar-refractivity contribution is 5.69. The lowest BCUT2D eigenvalue weighted by molar-refractivity contribution is -0.143. The molecule has 0 rings (SSSR count). The summed E-state index contributed by atoms with van der Waals surface area (Å²) in [5.41, 5.74) is 0. The first-order valence-electron chi connectivity index (χ1n) is 20.6. The second-order valence-electron chi connectivity index (χ2n) is 14.0. The molecule has 44 heavy (non-hydrogen) atoms. The predicted molar refractivity (Wildman–Crippen MR) is 198 cm³/mol. The highest BCUT2D eigenvalue weighted by atomic mass is 16.5. The largest absolute Gasteiger partial charge is 0.466 e. The van der Waals surface area contributed by atoms with Gasteiger partial charge in [-0.2, -0.15) is 0 Å². The van der Waals surface area contributed by atoms with Crippen LogP contribution in [0.3, 0.4) is 0 Å². The Kier molecular flexibility index (Phi) is 39.5. The number of allylic oxidation sites excluding steroid dienone is 2. The Balaban J connectivity index is 3.17. The van der Waals surface area contributed by atoms with Crippen molar-refractivity contribution in [3.05, 3.63) is 12.2 Å². The standard InChI is InChI=1S/C42H82O2/c1-3-5-7-9-11-13-15-16-17-18-19-20-21-22-23-24-25-26-27-28-29-30-31-32-34-36-38-40-42(43)44-41-39-37-35-33-14-12-10-8-6-4-2/h25-26H,3-24,27-41H2,1-2H3. The second kappa shape index (κ2) is 40.2. The lowest BCUT2D eigenvalue weighted by atomic mass is 10.0. The molecule has 0 amide bonds. The van der Waals surface area contributed by atoms with Crippen LogP contribution in [0.1, 0.15) is 245 Å². The zero-order valence-electron chi connectivity index (χ0n) is 30.6. The van der Waals surface area contributed by atoms with E-state index in [0.29, 0.717) is 13.0 Å². The van der Waals surface area contributed by atoms with Crippen molar-refractivity contribution in [3.63, 3.8) is 0 Å². The SMILES string of the molecule is CCCCCCCCCCCCCCCCCC=CCCCCCCCCCCC(=O)OCCCCCCCCCCCC. The van der Waals surface area contributed by atoms with Gasteiger partial charge in [0, 0.05) is 6.42 Å². The van der Waals surface area contributed by atoms with Crippen LogP contribution in [0.5, 0.6) is 0 Å². The molecule has 0 heterocycles. The topological polar surface area (TPSA) is 26.3 Å². The number of hydrogen-bond donors (Lipinski definition) is 0. The molecule has 0 bridgehead atoms. The van der Waals surface area contributed by atoms with Gasteiger partial charge in [-0.1, -0.05) is 212 Å². The number of esters is 1. The third-order valence-corrected chi connectivity index (χ3v) is 9.40. The average Bonchev–Trinajstić information content (AvgIpc) is 3.03. The Hall–Kier alpha value is -0.790. The van der Waals surface area contributed by atoms with Crippen LogP contribution in [0.2, 0.25) is 0 Å². The van der Waals surface area contributed by atoms with E-state index < -0.39 is 0 Å². The van der Waals surface area contributed by atoms with Gasteiger partial charge in [0.1, 0.15) is 0 Å². The third-order valence-electron chi connectivity index (χ3n) is 9.40. The molecule has 0 radical (unpaired) electrons. The van der Waals surface area contributed by atoms with E-state index in [4.69, 9.17) is 4.74 Å². The van der Waals surface area contributed by atoms with E-state index in [9.17, 15) is 4.79 Å². The van der Waals surface area contributed by atoms with Gasteiger partial charge in [0.2, 0.25) is 0 Å². The Morgan fingerprint density at radius 1 is 0.364 bits per heavy atom. The summed E-state index contributed by atoms with van der Waals surface area (Å²) in [5.74, 6) is 0.0218. The van der Waals surface area contributed by atoms with E-state index >= 15 is 0 Å². The second-order valence-corrected chi connectivity index (χ2v) is 14.0. The summed E-state index contributed by atoms with van der Waals surface area (Å²) in [4.78, 5) is 11.9. The minimum absolute atomic E-state index is 0.0218. The molecule has 0 saturated heterocycles. The molecule has 0 aromatic rings. The zero-order valence-corrected chi connectivity index (χ0v) is 30.6. The normalized spacial score (nSPS) is 11.6. The highest BCUT2D eigenvalue weighted by Gasteiger charge is 2.03. The molecular weight excluding hydrogens is 536 g/mol. The van der Waals surface area contributed by atoms with Crippen LogP contribution in [0.4, 0.5) is 0 Å². The van der Waals surface area contributed by atoms with Crippen LogP contribution in [-0.2, 0) is 9.53 Å². The maximum absolute atomic E-state index is 11.9. The summed E-state index contributed by atoms with van der Waals surface area (Å²) in [5, 5.41) is 0. The summed E-state index contributed by atoms with van der Waals surface area (Å²) < 4.78 is 5.43. The van der Waals surface area contributed by atoms with Gasteiger partial charge in [0.05, 0.1) is 6.61 Å². The van der Waals surface area contributed by atoms with Crippen molar-refractivity contribution in [2.75, 3.05) is 6.61 Å². The van der Waals surface area contributed by atoms with Crippen LogP contribution in [0.25, 0.3) is 0 Å². The van der Waals surface area contributed by atoms with Crippen molar-refractivity contribution >= 4 is 5.97 Å². The molecule has 2 heteroatoms. The number of carbonyl (C=O) groups is 1. The van der Waals surface area contributed by atoms with Gasteiger partial charge in [-0.25, -0.2) is 0 Å². The van der Waals surface area contributed by atoms with Gasteiger partial charge in [-0.05, 0) is 38.5 Å². The Morgan fingerprint density at radius 2 is 0.636 bits per heavy atom. The smallest absolute Gasteiger partial charge is 0.305 e. The maximum atomic E-state index is 11.9. The third kappa shape index (κ3) is 39.2. The fourth-order valence-corrected chi connectivity index (χ4v) is 6.31. The van der Waals surface area contributed by atoms with Gasteiger partial charge in [0.25, 0.3) is 0 Å². The van der Waals surface area contributed by atoms with E-state index in [1.165, 1.54) is 212 Å². The van der Waals surface area contributed by atoms with Crippen LogP contribution in [0.15, 0.2) is 12.2 Å². The number of hydrogen-bond acceptors (Lipinski definition) is 2. The number of carbonyl (C=O) groups excluding carboxylic acids is 1. The molecular formula is C42H82O2. The minimum atomic E-state index is 0.0218. The molecule has 0 saturated carbocycles. The van der Waals surface area contributed by atoms with Crippen molar-refractivity contribution in [3.8, 4) is 0 Å². The van der Waals surface area contributed by atoms with Crippen molar-refractivity contribution in [2.24, 2.45) is 0 Å². The first-order valence-corrected chi connectivity index (χ1v) is 20.6. The summed E-state index contributed by atoms with van der Waals surface area (Å²) in [7, 11) is 0. The first-order chi connectivity index (χ1) is 21.8. The summed E-state index contributed by atoms with van der Waals surface area (Å²) >= 11 is 0. The van der Waals surface area contributed by atoms with Gasteiger partial charge in [-0.3, -0.25) is 4.79 Å². The molecule has 0 unspecified atom stereocenters. The van der Waals surface area contributed by atoms with Crippen LogP contribution in [-0.4, -0.2) is 12.6 Å². The molecule has 0 atom stereocenters. The van der Waals surface area contributed by atoms with Crippen LogP contribution < -0.4 is 0 Å². The van der Waals surface area contributed by atoms with Crippen molar-refractivity contribution < 1.29 is 9.53 Å². The Labute approximate surface area is 278 Å². The molecule has 0 aliphatic carbocycles. The summed E-state index contributed by atoms with van der Waals surface area (Å²) in [6.45, 7) is 5.20.